The minimum Gasteiger partial charge on any atom is -0.497 e. The summed E-state index contributed by atoms with van der Waals surface area (Å²) in [5, 5.41) is 9.62. The average molecular weight is 361 g/mol. The van der Waals surface area contributed by atoms with Crippen LogP contribution in [-0.4, -0.2) is 31.2 Å². The van der Waals surface area contributed by atoms with E-state index in [1.54, 1.807) is 7.11 Å². The van der Waals surface area contributed by atoms with E-state index < -0.39 is 0 Å². The number of rotatable bonds is 6. The molecule has 0 bridgehead atoms. The highest BCUT2D eigenvalue weighted by atomic mass is 32.2. The second-order valence-electron chi connectivity index (χ2n) is 5.75. The van der Waals surface area contributed by atoms with E-state index in [-0.39, 0.29) is 0 Å². The summed E-state index contributed by atoms with van der Waals surface area (Å²) in [5.74, 6) is 2.95. The van der Waals surface area contributed by atoms with Crippen molar-refractivity contribution in [3.05, 3.63) is 30.1 Å². The van der Waals surface area contributed by atoms with Crippen molar-refractivity contribution < 1.29 is 4.74 Å². The van der Waals surface area contributed by atoms with Gasteiger partial charge in [0, 0.05) is 12.1 Å². The fourth-order valence-electron chi connectivity index (χ4n) is 2.25. The second kappa shape index (κ2) is 7.31. The van der Waals surface area contributed by atoms with Crippen molar-refractivity contribution in [1.29, 1.82) is 0 Å². The van der Waals surface area contributed by atoms with Crippen LogP contribution in [0.3, 0.4) is 0 Å². The molecule has 0 fully saturated rings. The quantitative estimate of drug-likeness (QED) is 0.663. The Hall–Kier alpha value is -1.93. The Bertz CT molecular complexity index is 810. The first kappa shape index (κ1) is 16.9. The monoisotopic (exact) mass is 361 g/mol. The lowest BCUT2D eigenvalue weighted by Crippen LogP contribution is -2.07. The van der Waals surface area contributed by atoms with Gasteiger partial charge < -0.3 is 9.30 Å². The Kier molecular flexibility index (Phi) is 5.15. The van der Waals surface area contributed by atoms with E-state index in [1.165, 1.54) is 23.3 Å². The van der Waals surface area contributed by atoms with E-state index in [9.17, 15) is 0 Å². The molecule has 6 nitrogen and oxygen atoms in total. The van der Waals surface area contributed by atoms with Crippen molar-refractivity contribution in [1.82, 2.24) is 24.1 Å². The molecule has 0 amide bonds. The van der Waals surface area contributed by atoms with Gasteiger partial charge in [-0.25, -0.2) is 4.98 Å². The van der Waals surface area contributed by atoms with Crippen molar-refractivity contribution in [2.24, 2.45) is 5.92 Å². The first-order valence-electron chi connectivity index (χ1n) is 7.62. The molecule has 24 heavy (non-hydrogen) atoms. The van der Waals surface area contributed by atoms with Gasteiger partial charge in [0.15, 0.2) is 15.3 Å². The van der Waals surface area contributed by atoms with E-state index in [0.29, 0.717) is 5.92 Å². The van der Waals surface area contributed by atoms with Crippen LogP contribution in [0.15, 0.2) is 33.8 Å². The molecule has 0 aliphatic rings. The fraction of sp³-hybridized carbons (Fsp3) is 0.375. The number of aromatic nitrogens is 5. The largest absolute Gasteiger partial charge is 0.497 e. The molecule has 1 aromatic carbocycles. The van der Waals surface area contributed by atoms with Crippen LogP contribution in [0.4, 0.5) is 0 Å². The standard InChI is InChI=1S/C16H19N5OS2/c1-10(2)9-21-14(12-5-7-13(22-4)8-6-12)18-19-15(21)23-16-17-11(3)20-24-16/h5-8,10H,9H2,1-4H3. The van der Waals surface area contributed by atoms with Gasteiger partial charge in [0.2, 0.25) is 0 Å². The van der Waals surface area contributed by atoms with Gasteiger partial charge >= 0.3 is 0 Å². The maximum absolute atomic E-state index is 5.23. The van der Waals surface area contributed by atoms with Crippen LogP contribution in [0.5, 0.6) is 5.75 Å². The summed E-state index contributed by atoms with van der Waals surface area (Å²) in [4.78, 5) is 4.40. The Balaban J connectivity index is 1.96. The number of ether oxygens (including phenoxy) is 1. The molecule has 3 rings (SSSR count). The van der Waals surface area contributed by atoms with Crippen molar-refractivity contribution in [3.63, 3.8) is 0 Å². The summed E-state index contributed by atoms with van der Waals surface area (Å²) < 4.78 is 12.5. The molecule has 0 saturated heterocycles. The molecule has 0 radical (unpaired) electrons. The molecule has 0 saturated carbocycles. The first-order valence-corrected chi connectivity index (χ1v) is 9.21. The van der Waals surface area contributed by atoms with Crippen molar-refractivity contribution >= 4 is 23.3 Å². The van der Waals surface area contributed by atoms with Gasteiger partial charge in [0.05, 0.1) is 7.11 Å². The van der Waals surface area contributed by atoms with Crippen LogP contribution >= 0.6 is 23.3 Å². The Morgan fingerprint density at radius 3 is 2.54 bits per heavy atom. The predicted octanol–water partition coefficient (Wildman–Crippen LogP) is 3.92. The SMILES string of the molecule is COc1ccc(-c2nnc(Sc3nc(C)ns3)n2CC(C)C)cc1. The minimum atomic E-state index is 0.480. The van der Waals surface area contributed by atoms with E-state index in [1.807, 2.05) is 31.2 Å². The lowest BCUT2D eigenvalue weighted by Gasteiger charge is -2.12. The molecule has 126 valence electrons. The topological polar surface area (TPSA) is 65.7 Å². The molecule has 8 heteroatoms. The molecule has 0 atom stereocenters. The average Bonchev–Trinajstić information content (AvgIpc) is 3.14. The Morgan fingerprint density at radius 1 is 1.21 bits per heavy atom. The van der Waals surface area contributed by atoms with Crippen molar-refractivity contribution in [2.75, 3.05) is 7.11 Å². The lowest BCUT2D eigenvalue weighted by molar-refractivity contribution is 0.415. The van der Waals surface area contributed by atoms with Gasteiger partial charge in [0.25, 0.3) is 0 Å². The number of nitrogens with zero attached hydrogens (tertiary/aromatic N) is 5. The molecule has 0 spiro atoms. The highest BCUT2D eigenvalue weighted by Gasteiger charge is 2.17. The third-order valence-electron chi connectivity index (χ3n) is 3.30. The zero-order valence-corrected chi connectivity index (χ0v) is 15.7. The molecule has 3 aromatic rings. The molecule has 0 aliphatic carbocycles. The summed E-state index contributed by atoms with van der Waals surface area (Å²) >= 11 is 2.90. The highest BCUT2D eigenvalue weighted by molar-refractivity contribution is 8.00. The van der Waals surface area contributed by atoms with E-state index in [4.69, 9.17) is 4.74 Å². The zero-order valence-electron chi connectivity index (χ0n) is 14.1. The molecular formula is C16H19N5OS2. The minimum absolute atomic E-state index is 0.480. The van der Waals surface area contributed by atoms with Gasteiger partial charge in [-0.2, -0.15) is 4.37 Å². The molecular weight excluding hydrogens is 342 g/mol. The number of aryl methyl sites for hydroxylation is 1. The van der Waals surface area contributed by atoms with Crippen LogP contribution in [0.1, 0.15) is 19.7 Å². The Labute approximate surface area is 149 Å². The third-order valence-corrected chi connectivity index (χ3v) is 5.13. The zero-order chi connectivity index (χ0) is 17.1. The van der Waals surface area contributed by atoms with Crippen LogP contribution in [-0.2, 0) is 6.54 Å². The van der Waals surface area contributed by atoms with Crippen LogP contribution in [0.2, 0.25) is 0 Å². The maximum atomic E-state index is 5.23. The number of hydrogen-bond acceptors (Lipinski definition) is 7. The van der Waals surface area contributed by atoms with Gasteiger partial charge in [-0.15, -0.1) is 10.2 Å². The summed E-state index contributed by atoms with van der Waals surface area (Å²) in [6.45, 7) is 7.10. The highest BCUT2D eigenvalue weighted by Crippen LogP contribution is 2.31. The number of hydrogen-bond donors (Lipinski definition) is 0. The van der Waals surface area contributed by atoms with E-state index >= 15 is 0 Å². The van der Waals surface area contributed by atoms with Crippen molar-refractivity contribution in [2.45, 2.75) is 36.8 Å². The maximum Gasteiger partial charge on any atom is 0.198 e. The summed E-state index contributed by atoms with van der Waals surface area (Å²) in [6.07, 6.45) is 0. The molecule has 2 aromatic heterocycles. The van der Waals surface area contributed by atoms with Crippen LogP contribution in [0.25, 0.3) is 11.4 Å². The van der Waals surface area contributed by atoms with Gasteiger partial charge in [0.1, 0.15) is 11.6 Å². The van der Waals surface area contributed by atoms with Gasteiger partial charge in [-0.1, -0.05) is 13.8 Å². The van der Waals surface area contributed by atoms with Gasteiger partial charge in [-0.05, 0) is 60.4 Å². The van der Waals surface area contributed by atoms with Crippen molar-refractivity contribution in [3.8, 4) is 17.1 Å². The predicted molar refractivity (Wildman–Crippen MR) is 95.6 cm³/mol. The summed E-state index contributed by atoms with van der Waals surface area (Å²) in [5.41, 5.74) is 1.02. The number of methoxy groups -OCH3 is 1. The molecule has 2 heterocycles. The summed E-state index contributed by atoms with van der Waals surface area (Å²) in [6, 6.07) is 7.88. The number of benzene rings is 1. The third kappa shape index (κ3) is 3.76. The first-order chi connectivity index (χ1) is 11.6. The normalized spacial score (nSPS) is 11.2. The summed E-state index contributed by atoms with van der Waals surface area (Å²) in [7, 11) is 1.66. The van der Waals surface area contributed by atoms with Crippen LogP contribution in [0, 0.1) is 12.8 Å². The fourth-order valence-corrected chi connectivity index (χ4v) is 3.84. The van der Waals surface area contributed by atoms with E-state index in [0.717, 1.165) is 39.0 Å². The van der Waals surface area contributed by atoms with Crippen LogP contribution < -0.4 is 4.74 Å². The van der Waals surface area contributed by atoms with E-state index in [2.05, 4.69) is 38.0 Å². The lowest BCUT2D eigenvalue weighted by atomic mass is 10.2. The molecule has 0 N–H and O–H groups in total. The van der Waals surface area contributed by atoms with Gasteiger partial charge in [-0.3, -0.25) is 0 Å². The second-order valence-corrected chi connectivity index (χ2v) is 7.71. The molecule has 0 aliphatic heterocycles. The Morgan fingerprint density at radius 2 is 1.96 bits per heavy atom. The smallest absolute Gasteiger partial charge is 0.198 e. The molecule has 0 unspecified atom stereocenters.